The maximum Gasteiger partial charge on any atom is 0.157 e. The Morgan fingerprint density at radius 3 is 2.22 bits per heavy atom. The molecule has 0 aromatic heterocycles. The third-order valence-electron chi connectivity index (χ3n) is 4.77. The van der Waals surface area contributed by atoms with E-state index in [0.29, 0.717) is 5.78 Å². The third-order valence-corrected chi connectivity index (χ3v) is 4.77. The predicted molar refractivity (Wildman–Crippen MR) is 99.7 cm³/mol. The number of nitrogens with zero attached hydrogens (tertiary/aromatic N) is 1. The molecule has 0 bridgehead atoms. The molecule has 0 aliphatic rings. The Bertz CT molecular complexity index is 429. The van der Waals surface area contributed by atoms with Crippen molar-refractivity contribution in [3.8, 4) is 0 Å². The van der Waals surface area contributed by atoms with Gasteiger partial charge in [0.2, 0.25) is 0 Å². The summed E-state index contributed by atoms with van der Waals surface area (Å²) in [6.07, 6.45) is 8.12. The molecule has 2 nitrogen and oxygen atoms in total. The number of ketones is 1. The molecule has 1 rings (SSSR count). The number of carbonyl (C=O) groups excluding carboxylic acids is 1. The molecule has 0 radical (unpaired) electrons. The van der Waals surface area contributed by atoms with Crippen LogP contribution in [0.15, 0.2) is 30.3 Å². The Morgan fingerprint density at radius 1 is 0.957 bits per heavy atom. The first-order valence-electron chi connectivity index (χ1n) is 9.44. The van der Waals surface area contributed by atoms with Crippen LogP contribution in [0.2, 0.25) is 0 Å². The van der Waals surface area contributed by atoms with Gasteiger partial charge in [0.05, 0.1) is 6.04 Å². The summed E-state index contributed by atoms with van der Waals surface area (Å²) in [5, 5.41) is 0. The van der Waals surface area contributed by atoms with Crippen molar-refractivity contribution >= 4 is 5.78 Å². The Hall–Kier alpha value is -1.15. The highest BCUT2D eigenvalue weighted by Crippen LogP contribution is 2.28. The van der Waals surface area contributed by atoms with Crippen LogP contribution in [-0.4, -0.2) is 24.3 Å². The molecule has 0 saturated carbocycles. The highest BCUT2D eigenvalue weighted by atomic mass is 16.1. The number of hydrogen-bond donors (Lipinski definition) is 0. The van der Waals surface area contributed by atoms with Gasteiger partial charge in [0, 0.05) is 5.92 Å². The second-order valence-electron chi connectivity index (χ2n) is 6.62. The smallest absolute Gasteiger partial charge is 0.157 e. The minimum Gasteiger partial charge on any atom is -0.297 e. The standard InChI is InChI=1S/C21H35NO/c1-5-8-9-11-17-19(14-6-2)21(23)20(22(4)7-3)18-15-12-10-13-16-18/h10,12-13,15-16,19-20H,5-9,11,14,17H2,1-4H3/t19?,20-/m1/s1. The molecule has 130 valence electrons. The lowest BCUT2D eigenvalue weighted by Gasteiger charge is -2.29. The Labute approximate surface area is 143 Å². The molecule has 0 aliphatic heterocycles. The van der Waals surface area contributed by atoms with E-state index in [1.165, 1.54) is 25.7 Å². The number of rotatable bonds is 12. The van der Waals surface area contributed by atoms with Gasteiger partial charge in [0.1, 0.15) is 0 Å². The summed E-state index contributed by atoms with van der Waals surface area (Å²) >= 11 is 0. The zero-order valence-corrected chi connectivity index (χ0v) is 15.6. The first-order chi connectivity index (χ1) is 11.2. The van der Waals surface area contributed by atoms with Crippen LogP contribution in [0.25, 0.3) is 0 Å². The molecule has 2 heteroatoms. The molecule has 1 unspecified atom stereocenters. The number of Topliss-reactive ketones (excluding diaryl/α,β-unsaturated/α-hetero) is 1. The monoisotopic (exact) mass is 317 g/mol. The zero-order chi connectivity index (χ0) is 17.1. The molecule has 0 spiro atoms. The number of hydrogen-bond acceptors (Lipinski definition) is 2. The molecule has 0 aliphatic carbocycles. The summed E-state index contributed by atoms with van der Waals surface area (Å²) < 4.78 is 0. The van der Waals surface area contributed by atoms with Crippen molar-refractivity contribution in [3.05, 3.63) is 35.9 Å². The Balaban J connectivity index is 2.86. The molecule has 0 N–H and O–H groups in total. The fourth-order valence-corrected chi connectivity index (χ4v) is 3.27. The SMILES string of the molecule is CCCCCCC(CCC)C(=O)[C@@H](c1ccccc1)N(C)CC. The van der Waals surface area contributed by atoms with Gasteiger partial charge in [-0.1, -0.05) is 83.2 Å². The van der Waals surface area contributed by atoms with Crippen LogP contribution in [-0.2, 0) is 4.79 Å². The Morgan fingerprint density at radius 2 is 1.65 bits per heavy atom. The summed E-state index contributed by atoms with van der Waals surface area (Å²) in [4.78, 5) is 15.4. The van der Waals surface area contributed by atoms with Crippen LogP contribution < -0.4 is 0 Å². The van der Waals surface area contributed by atoms with Crippen molar-refractivity contribution < 1.29 is 4.79 Å². The van der Waals surface area contributed by atoms with Crippen LogP contribution in [0.3, 0.4) is 0 Å². The molecule has 1 aromatic carbocycles. The van der Waals surface area contributed by atoms with Crippen LogP contribution in [0.1, 0.15) is 77.3 Å². The van der Waals surface area contributed by atoms with Gasteiger partial charge in [-0.05, 0) is 32.0 Å². The second-order valence-corrected chi connectivity index (χ2v) is 6.62. The van der Waals surface area contributed by atoms with Crippen molar-refractivity contribution in [2.45, 2.75) is 71.8 Å². The largest absolute Gasteiger partial charge is 0.297 e. The van der Waals surface area contributed by atoms with Crippen molar-refractivity contribution in [1.82, 2.24) is 4.90 Å². The van der Waals surface area contributed by atoms with Gasteiger partial charge < -0.3 is 0 Å². The van der Waals surface area contributed by atoms with Gasteiger partial charge in [0.15, 0.2) is 5.78 Å². The zero-order valence-electron chi connectivity index (χ0n) is 15.6. The lowest BCUT2D eigenvalue weighted by atomic mass is 9.85. The fraction of sp³-hybridized carbons (Fsp3) is 0.667. The quantitative estimate of drug-likeness (QED) is 0.465. The highest BCUT2D eigenvalue weighted by molar-refractivity contribution is 5.87. The van der Waals surface area contributed by atoms with E-state index in [1.54, 1.807) is 0 Å². The van der Waals surface area contributed by atoms with E-state index in [4.69, 9.17) is 0 Å². The van der Waals surface area contributed by atoms with E-state index < -0.39 is 0 Å². The lowest BCUT2D eigenvalue weighted by Crippen LogP contribution is -2.34. The maximum absolute atomic E-state index is 13.3. The first kappa shape index (κ1) is 19.9. The third kappa shape index (κ3) is 6.47. The van der Waals surface area contributed by atoms with E-state index in [9.17, 15) is 4.79 Å². The molecule has 1 aromatic rings. The number of unbranched alkanes of at least 4 members (excludes halogenated alkanes) is 3. The molecule has 0 fully saturated rings. The molecular weight excluding hydrogens is 282 g/mol. The molecule has 0 amide bonds. The van der Waals surface area contributed by atoms with Crippen molar-refractivity contribution in [1.29, 1.82) is 0 Å². The summed E-state index contributed by atoms with van der Waals surface area (Å²) in [5.74, 6) is 0.620. The Kier molecular flexibility index (Phi) is 9.86. The van der Waals surface area contributed by atoms with E-state index in [2.05, 4.69) is 44.9 Å². The average molecular weight is 318 g/mol. The first-order valence-corrected chi connectivity index (χ1v) is 9.44. The van der Waals surface area contributed by atoms with Crippen LogP contribution in [0.5, 0.6) is 0 Å². The van der Waals surface area contributed by atoms with Gasteiger partial charge in [-0.3, -0.25) is 9.69 Å². The number of likely N-dealkylation sites (N-methyl/N-ethyl adjacent to an activating group) is 1. The minimum absolute atomic E-state index is 0.0936. The van der Waals surface area contributed by atoms with Gasteiger partial charge >= 0.3 is 0 Å². The van der Waals surface area contributed by atoms with Crippen LogP contribution >= 0.6 is 0 Å². The molecule has 2 atom stereocenters. The van der Waals surface area contributed by atoms with Gasteiger partial charge in [0.25, 0.3) is 0 Å². The number of carbonyl (C=O) groups is 1. The highest BCUT2D eigenvalue weighted by Gasteiger charge is 2.29. The topological polar surface area (TPSA) is 20.3 Å². The van der Waals surface area contributed by atoms with E-state index in [1.807, 2.05) is 18.2 Å². The summed E-state index contributed by atoms with van der Waals surface area (Å²) in [6, 6.07) is 10.2. The second kappa shape index (κ2) is 11.4. The van der Waals surface area contributed by atoms with Gasteiger partial charge in [-0.15, -0.1) is 0 Å². The summed E-state index contributed by atoms with van der Waals surface area (Å²) in [5.41, 5.74) is 1.14. The molecule has 0 heterocycles. The lowest BCUT2D eigenvalue weighted by molar-refractivity contribution is -0.128. The molecule has 23 heavy (non-hydrogen) atoms. The normalized spacial score (nSPS) is 14.0. The van der Waals surface area contributed by atoms with Gasteiger partial charge in [-0.25, -0.2) is 0 Å². The number of benzene rings is 1. The van der Waals surface area contributed by atoms with Crippen molar-refractivity contribution in [2.24, 2.45) is 5.92 Å². The average Bonchev–Trinajstić information content (AvgIpc) is 2.58. The van der Waals surface area contributed by atoms with Crippen LogP contribution in [0, 0.1) is 5.92 Å². The van der Waals surface area contributed by atoms with Crippen LogP contribution in [0.4, 0.5) is 0 Å². The minimum atomic E-state index is -0.0936. The van der Waals surface area contributed by atoms with E-state index in [0.717, 1.165) is 31.4 Å². The molecular formula is C21H35NO. The van der Waals surface area contributed by atoms with E-state index in [-0.39, 0.29) is 12.0 Å². The fourth-order valence-electron chi connectivity index (χ4n) is 3.27. The van der Waals surface area contributed by atoms with Gasteiger partial charge in [-0.2, -0.15) is 0 Å². The van der Waals surface area contributed by atoms with Crippen molar-refractivity contribution in [3.63, 3.8) is 0 Å². The summed E-state index contributed by atoms with van der Waals surface area (Å²) in [6.45, 7) is 7.43. The predicted octanol–water partition coefficient (Wildman–Crippen LogP) is 5.64. The molecule has 0 saturated heterocycles. The van der Waals surface area contributed by atoms with Crippen molar-refractivity contribution in [2.75, 3.05) is 13.6 Å². The van der Waals surface area contributed by atoms with E-state index >= 15 is 0 Å². The maximum atomic E-state index is 13.3. The summed E-state index contributed by atoms with van der Waals surface area (Å²) in [7, 11) is 2.07.